The van der Waals surface area contributed by atoms with Crippen molar-refractivity contribution in [1.29, 1.82) is 0 Å². The van der Waals surface area contributed by atoms with E-state index in [4.69, 9.17) is 14.2 Å². The minimum Gasteiger partial charge on any atom is -0.493 e. The van der Waals surface area contributed by atoms with Gasteiger partial charge in [-0.05, 0) is 42.8 Å². The van der Waals surface area contributed by atoms with E-state index in [2.05, 4.69) is 8.75 Å². The van der Waals surface area contributed by atoms with E-state index >= 15 is 0 Å². The molecular formula is C21H23N3O4S. The number of amides is 1. The number of carbonyl (C=O) groups is 1. The number of carbonyl (C=O) groups excluding carboxylic acids is 1. The average molecular weight is 413 g/mol. The zero-order valence-electron chi connectivity index (χ0n) is 16.8. The maximum atomic E-state index is 12.9. The van der Waals surface area contributed by atoms with Gasteiger partial charge in [0.25, 0.3) is 5.91 Å². The molecule has 0 radical (unpaired) electrons. The summed E-state index contributed by atoms with van der Waals surface area (Å²) in [6, 6.07) is 12.7. The van der Waals surface area contributed by atoms with E-state index in [9.17, 15) is 4.79 Å². The predicted molar refractivity (Wildman–Crippen MR) is 111 cm³/mol. The Labute approximate surface area is 174 Å². The molecule has 8 heteroatoms. The van der Waals surface area contributed by atoms with Crippen molar-refractivity contribution in [3.05, 3.63) is 65.0 Å². The summed E-state index contributed by atoms with van der Waals surface area (Å²) in [5.41, 5.74) is 3.16. The number of benzene rings is 2. The molecular weight excluding hydrogens is 390 g/mol. The first-order chi connectivity index (χ1) is 14.0. The Kier molecular flexibility index (Phi) is 6.66. The Balaban J connectivity index is 1.67. The lowest BCUT2D eigenvalue weighted by Gasteiger charge is -2.19. The molecule has 0 saturated heterocycles. The smallest absolute Gasteiger partial charge is 0.254 e. The van der Waals surface area contributed by atoms with Crippen LogP contribution in [0.25, 0.3) is 0 Å². The molecule has 7 nitrogen and oxygen atoms in total. The van der Waals surface area contributed by atoms with Crippen molar-refractivity contribution in [1.82, 2.24) is 13.6 Å². The SMILES string of the molecule is COc1ccc(CN(C)C(=O)c2cccc(OCc3nsnc3C)c2)cc1OC. The van der Waals surface area contributed by atoms with Crippen molar-refractivity contribution in [3.63, 3.8) is 0 Å². The molecule has 0 bridgehead atoms. The highest BCUT2D eigenvalue weighted by atomic mass is 32.1. The highest BCUT2D eigenvalue weighted by Crippen LogP contribution is 2.28. The maximum absolute atomic E-state index is 12.9. The highest BCUT2D eigenvalue weighted by molar-refractivity contribution is 6.99. The molecule has 0 N–H and O–H groups in total. The van der Waals surface area contributed by atoms with Gasteiger partial charge in [0.2, 0.25) is 0 Å². The number of hydrogen-bond acceptors (Lipinski definition) is 7. The summed E-state index contributed by atoms with van der Waals surface area (Å²) in [5, 5.41) is 0. The summed E-state index contributed by atoms with van der Waals surface area (Å²) in [4.78, 5) is 14.5. The Morgan fingerprint density at radius 3 is 2.55 bits per heavy atom. The van der Waals surface area contributed by atoms with E-state index < -0.39 is 0 Å². The van der Waals surface area contributed by atoms with Gasteiger partial charge in [-0.3, -0.25) is 4.79 Å². The number of nitrogens with zero attached hydrogens (tertiary/aromatic N) is 3. The summed E-state index contributed by atoms with van der Waals surface area (Å²) in [5.74, 6) is 1.80. The average Bonchev–Trinajstić information content (AvgIpc) is 3.16. The minimum atomic E-state index is -0.100. The second-order valence-electron chi connectivity index (χ2n) is 6.46. The number of aromatic nitrogens is 2. The van der Waals surface area contributed by atoms with E-state index in [1.54, 1.807) is 44.4 Å². The van der Waals surface area contributed by atoms with Crippen LogP contribution in [-0.2, 0) is 13.2 Å². The zero-order valence-corrected chi connectivity index (χ0v) is 17.7. The van der Waals surface area contributed by atoms with Crippen molar-refractivity contribution >= 4 is 17.6 Å². The molecule has 1 aromatic heterocycles. The van der Waals surface area contributed by atoms with Gasteiger partial charge >= 0.3 is 0 Å². The van der Waals surface area contributed by atoms with Gasteiger partial charge in [-0.25, -0.2) is 0 Å². The van der Waals surface area contributed by atoms with Gasteiger partial charge in [-0.15, -0.1) is 0 Å². The quantitative estimate of drug-likeness (QED) is 0.560. The van der Waals surface area contributed by atoms with E-state index in [0.717, 1.165) is 28.7 Å². The van der Waals surface area contributed by atoms with Crippen LogP contribution in [0.5, 0.6) is 17.2 Å². The lowest BCUT2D eigenvalue weighted by atomic mass is 10.1. The van der Waals surface area contributed by atoms with Crippen LogP contribution in [0.4, 0.5) is 0 Å². The predicted octanol–water partition coefficient (Wildman–Crippen LogP) is 3.71. The molecule has 152 valence electrons. The van der Waals surface area contributed by atoms with Crippen LogP contribution in [0.3, 0.4) is 0 Å². The third-order valence-corrected chi connectivity index (χ3v) is 5.07. The summed E-state index contributed by atoms with van der Waals surface area (Å²) >= 11 is 1.16. The fourth-order valence-corrected chi connectivity index (χ4v) is 3.35. The Bertz CT molecular complexity index is 990. The third-order valence-electron chi connectivity index (χ3n) is 4.42. The number of rotatable bonds is 8. The molecule has 0 aliphatic carbocycles. The first-order valence-corrected chi connectivity index (χ1v) is 9.72. The largest absolute Gasteiger partial charge is 0.493 e. The number of ether oxygens (including phenoxy) is 3. The van der Waals surface area contributed by atoms with Gasteiger partial charge in [0.1, 0.15) is 18.1 Å². The van der Waals surface area contributed by atoms with Crippen molar-refractivity contribution in [2.24, 2.45) is 0 Å². The van der Waals surface area contributed by atoms with E-state index in [0.29, 0.717) is 36.0 Å². The minimum absolute atomic E-state index is 0.100. The van der Waals surface area contributed by atoms with Crippen molar-refractivity contribution < 1.29 is 19.0 Å². The number of aryl methyl sites for hydroxylation is 1. The van der Waals surface area contributed by atoms with Gasteiger partial charge in [0, 0.05) is 19.2 Å². The summed E-state index contributed by atoms with van der Waals surface area (Å²) in [7, 11) is 4.94. The maximum Gasteiger partial charge on any atom is 0.254 e. The van der Waals surface area contributed by atoms with Gasteiger partial charge in [-0.1, -0.05) is 12.1 Å². The molecule has 3 rings (SSSR count). The van der Waals surface area contributed by atoms with Crippen LogP contribution in [-0.4, -0.2) is 40.8 Å². The summed E-state index contributed by atoms with van der Waals surface area (Å²) in [6.07, 6.45) is 0. The van der Waals surface area contributed by atoms with Crippen LogP contribution >= 0.6 is 11.7 Å². The molecule has 0 saturated carbocycles. The van der Waals surface area contributed by atoms with Crippen molar-refractivity contribution in [2.45, 2.75) is 20.1 Å². The van der Waals surface area contributed by atoms with Crippen LogP contribution < -0.4 is 14.2 Å². The standard InChI is InChI=1S/C21H23N3O4S/c1-14-18(23-29-22-14)13-28-17-7-5-6-16(11-17)21(25)24(2)12-15-8-9-19(26-3)20(10-15)27-4/h5-11H,12-13H2,1-4H3. The summed E-state index contributed by atoms with van der Waals surface area (Å²) in [6.45, 7) is 2.65. The van der Waals surface area contributed by atoms with Crippen LogP contribution in [0, 0.1) is 6.92 Å². The molecule has 3 aromatic rings. The highest BCUT2D eigenvalue weighted by Gasteiger charge is 2.14. The van der Waals surface area contributed by atoms with Crippen LogP contribution in [0.1, 0.15) is 27.3 Å². The molecule has 0 spiro atoms. The monoisotopic (exact) mass is 413 g/mol. The van der Waals surface area contributed by atoms with E-state index in [1.807, 2.05) is 31.2 Å². The summed E-state index contributed by atoms with van der Waals surface area (Å²) < 4.78 is 24.7. The lowest BCUT2D eigenvalue weighted by Crippen LogP contribution is -2.26. The lowest BCUT2D eigenvalue weighted by molar-refractivity contribution is 0.0784. The molecule has 0 aliphatic rings. The molecule has 1 amide bonds. The Morgan fingerprint density at radius 1 is 1.07 bits per heavy atom. The van der Waals surface area contributed by atoms with Gasteiger partial charge in [0.15, 0.2) is 11.5 Å². The van der Waals surface area contributed by atoms with Crippen LogP contribution in [0.2, 0.25) is 0 Å². The topological polar surface area (TPSA) is 73.8 Å². The van der Waals surface area contributed by atoms with E-state index in [1.165, 1.54) is 0 Å². The Morgan fingerprint density at radius 2 is 1.86 bits per heavy atom. The van der Waals surface area contributed by atoms with Crippen LogP contribution in [0.15, 0.2) is 42.5 Å². The second-order valence-corrected chi connectivity index (χ2v) is 6.99. The molecule has 0 fully saturated rings. The normalized spacial score (nSPS) is 10.5. The van der Waals surface area contributed by atoms with Crippen molar-refractivity contribution in [2.75, 3.05) is 21.3 Å². The number of methoxy groups -OCH3 is 2. The first-order valence-electron chi connectivity index (χ1n) is 8.99. The fraction of sp³-hybridized carbons (Fsp3) is 0.286. The molecule has 29 heavy (non-hydrogen) atoms. The molecule has 2 aromatic carbocycles. The molecule has 0 unspecified atom stereocenters. The molecule has 0 aliphatic heterocycles. The van der Waals surface area contributed by atoms with Gasteiger partial charge in [-0.2, -0.15) is 8.75 Å². The second kappa shape index (κ2) is 9.38. The molecule has 0 atom stereocenters. The first kappa shape index (κ1) is 20.6. The zero-order chi connectivity index (χ0) is 20.8. The Hall–Kier alpha value is -3.13. The molecule has 1 heterocycles. The van der Waals surface area contributed by atoms with Gasteiger partial charge in [0.05, 0.1) is 31.6 Å². The van der Waals surface area contributed by atoms with Gasteiger partial charge < -0.3 is 19.1 Å². The third kappa shape index (κ3) is 5.03. The van der Waals surface area contributed by atoms with Crippen molar-refractivity contribution in [3.8, 4) is 17.2 Å². The van der Waals surface area contributed by atoms with E-state index in [-0.39, 0.29) is 5.91 Å². The number of hydrogen-bond donors (Lipinski definition) is 0. The fourth-order valence-electron chi connectivity index (χ4n) is 2.80.